The molecule has 1 fully saturated rings. The average Bonchev–Trinajstić information content (AvgIpc) is 3.08. The Bertz CT molecular complexity index is 653. The number of carbonyl (C=O) groups excluding carboxylic acids is 1. The summed E-state index contributed by atoms with van der Waals surface area (Å²) in [4.78, 5) is 14.8. The molecule has 1 heterocycles. The fourth-order valence-electron chi connectivity index (χ4n) is 3.01. The third kappa shape index (κ3) is 4.17. The van der Waals surface area contributed by atoms with E-state index in [4.69, 9.17) is 0 Å². The SMILES string of the molecule is O=C(NC(CN1CCCC1)c1ccccc1)c1cccc(F)c1. The van der Waals surface area contributed by atoms with Crippen molar-refractivity contribution in [3.63, 3.8) is 0 Å². The van der Waals surface area contributed by atoms with Gasteiger partial charge in [0.1, 0.15) is 5.82 Å². The van der Waals surface area contributed by atoms with Gasteiger partial charge < -0.3 is 10.2 Å². The number of hydrogen-bond acceptors (Lipinski definition) is 2. The second-order valence-corrected chi connectivity index (χ2v) is 5.95. The molecule has 0 aromatic heterocycles. The zero-order valence-electron chi connectivity index (χ0n) is 13.0. The van der Waals surface area contributed by atoms with Crippen LogP contribution in [-0.2, 0) is 0 Å². The van der Waals surface area contributed by atoms with Crippen LogP contribution in [0.1, 0.15) is 34.8 Å². The highest BCUT2D eigenvalue weighted by atomic mass is 19.1. The zero-order valence-corrected chi connectivity index (χ0v) is 13.0. The maximum atomic E-state index is 13.3. The summed E-state index contributed by atoms with van der Waals surface area (Å²) >= 11 is 0. The number of nitrogens with one attached hydrogen (secondary N) is 1. The van der Waals surface area contributed by atoms with E-state index >= 15 is 0 Å². The van der Waals surface area contributed by atoms with E-state index in [9.17, 15) is 9.18 Å². The Kier molecular flexibility index (Phi) is 5.03. The van der Waals surface area contributed by atoms with Crippen LogP contribution in [0.2, 0.25) is 0 Å². The van der Waals surface area contributed by atoms with Crippen LogP contribution in [0.3, 0.4) is 0 Å². The van der Waals surface area contributed by atoms with E-state index in [1.165, 1.54) is 25.0 Å². The van der Waals surface area contributed by atoms with Gasteiger partial charge in [0.05, 0.1) is 6.04 Å². The van der Waals surface area contributed by atoms with E-state index in [2.05, 4.69) is 10.2 Å². The minimum atomic E-state index is -0.395. The monoisotopic (exact) mass is 312 g/mol. The summed E-state index contributed by atoms with van der Waals surface area (Å²) in [6.45, 7) is 2.92. The molecule has 1 saturated heterocycles. The number of rotatable bonds is 5. The van der Waals surface area contributed by atoms with Crippen molar-refractivity contribution in [3.8, 4) is 0 Å². The summed E-state index contributed by atoms with van der Waals surface area (Å²) in [5, 5.41) is 3.06. The summed E-state index contributed by atoms with van der Waals surface area (Å²) in [7, 11) is 0. The van der Waals surface area contributed by atoms with Crippen molar-refractivity contribution in [2.24, 2.45) is 0 Å². The number of amides is 1. The van der Waals surface area contributed by atoms with Gasteiger partial charge in [0.15, 0.2) is 0 Å². The van der Waals surface area contributed by atoms with Crippen LogP contribution in [-0.4, -0.2) is 30.4 Å². The molecule has 3 rings (SSSR count). The average molecular weight is 312 g/mol. The van der Waals surface area contributed by atoms with Gasteiger partial charge in [-0.25, -0.2) is 4.39 Å². The van der Waals surface area contributed by atoms with E-state index in [1.54, 1.807) is 12.1 Å². The summed E-state index contributed by atoms with van der Waals surface area (Å²) in [5.74, 6) is -0.633. The molecule has 23 heavy (non-hydrogen) atoms. The van der Waals surface area contributed by atoms with Crippen molar-refractivity contribution >= 4 is 5.91 Å². The maximum Gasteiger partial charge on any atom is 0.251 e. The Hall–Kier alpha value is -2.20. The molecular weight excluding hydrogens is 291 g/mol. The molecule has 2 aromatic rings. The number of halogens is 1. The number of benzene rings is 2. The maximum absolute atomic E-state index is 13.3. The molecule has 0 bridgehead atoms. The molecule has 1 unspecified atom stereocenters. The lowest BCUT2D eigenvalue weighted by atomic mass is 10.1. The molecule has 4 heteroatoms. The second kappa shape index (κ2) is 7.38. The largest absolute Gasteiger partial charge is 0.344 e. The van der Waals surface area contributed by atoms with E-state index < -0.39 is 5.82 Å². The highest BCUT2D eigenvalue weighted by Gasteiger charge is 2.21. The first kappa shape index (κ1) is 15.7. The highest BCUT2D eigenvalue weighted by Crippen LogP contribution is 2.18. The van der Waals surface area contributed by atoms with Gasteiger partial charge in [-0.3, -0.25) is 4.79 Å². The quantitative estimate of drug-likeness (QED) is 0.918. The van der Waals surface area contributed by atoms with Crippen LogP contribution >= 0.6 is 0 Å². The molecule has 0 radical (unpaired) electrons. The van der Waals surface area contributed by atoms with Crippen LogP contribution in [0.5, 0.6) is 0 Å². The second-order valence-electron chi connectivity index (χ2n) is 5.95. The van der Waals surface area contributed by atoms with Crippen molar-refractivity contribution in [2.45, 2.75) is 18.9 Å². The number of nitrogens with zero attached hydrogens (tertiary/aromatic N) is 1. The third-order valence-corrected chi connectivity index (χ3v) is 4.23. The lowest BCUT2D eigenvalue weighted by Crippen LogP contribution is -2.37. The summed E-state index contributed by atoms with van der Waals surface area (Å²) in [5.41, 5.74) is 1.43. The van der Waals surface area contributed by atoms with Gasteiger partial charge in [0.2, 0.25) is 0 Å². The lowest BCUT2D eigenvalue weighted by molar-refractivity contribution is 0.0926. The summed E-state index contributed by atoms with van der Waals surface area (Å²) in [6.07, 6.45) is 2.42. The van der Waals surface area contributed by atoms with Crippen molar-refractivity contribution in [1.29, 1.82) is 0 Å². The van der Waals surface area contributed by atoms with E-state index in [-0.39, 0.29) is 11.9 Å². The lowest BCUT2D eigenvalue weighted by Gasteiger charge is -2.25. The smallest absolute Gasteiger partial charge is 0.251 e. The number of likely N-dealkylation sites (tertiary alicyclic amines) is 1. The molecule has 0 saturated carbocycles. The van der Waals surface area contributed by atoms with Crippen molar-refractivity contribution in [3.05, 3.63) is 71.5 Å². The van der Waals surface area contributed by atoms with E-state index in [1.807, 2.05) is 30.3 Å². The molecule has 0 spiro atoms. The van der Waals surface area contributed by atoms with E-state index in [0.717, 1.165) is 25.2 Å². The van der Waals surface area contributed by atoms with Crippen LogP contribution in [0, 0.1) is 5.82 Å². The van der Waals surface area contributed by atoms with Gasteiger partial charge in [0, 0.05) is 12.1 Å². The van der Waals surface area contributed by atoms with Crippen molar-refractivity contribution < 1.29 is 9.18 Å². The van der Waals surface area contributed by atoms with E-state index in [0.29, 0.717) is 5.56 Å². The minimum Gasteiger partial charge on any atom is -0.344 e. The number of carbonyl (C=O) groups is 1. The Morgan fingerprint density at radius 2 is 1.83 bits per heavy atom. The number of hydrogen-bond donors (Lipinski definition) is 1. The molecule has 1 aliphatic heterocycles. The van der Waals surface area contributed by atoms with Gasteiger partial charge in [-0.05, 0) is 49.7 Å². The van der Waals surface area contributed by atoms with Crippen LogP contribution in [0.4, 0.5) is 4.39 Å². The van der Waals surface area contributed by atoms with Crippen LogP contribution in [0.15, 0.2) is 54.6 Å². The van der Waals surface area contributed by atoms with Crippen LogP contribution in [0.25, 0.3) is 0 Å². The van der Waals surface area contributed by atoms with Gasteiger partial charge in [0.25, 0.3) is 5.91 Å². The summed E-state index contributed by atoms with van der Waals surface area (Å²) < 4.78 is 13.3. The highest BCUT2D eigenvalue weighted by molar-refractivity contribution is 5.94. The van der Waals surface area contributed by atoms with Gasteiger partial charge >= 0.3 is 0 Å². The first-order valence-electron chi connectivity index (χ1n) is 8.06. The Balaban J connectivity index is 1.76. The molecule has 120 valence electrons. The first-order chi connectivity index (χ1) is 11.2. The minimum absolute atomic E-state index is 0.0925. The van der Waals surface area contributed by atoms with Gasteiger partial charge in [-0.15, -0.1) is 0 Å². The Morgan fingerprint density at radius 3 is 2.52 bits per heavy atom. The molecule has 3 nitrogen and oxygen atoms in total. The van der Waals surface area contributed by atoms with Gasteiger partial charge in [-0.1, -0.05) is 36.4 Å². The predicted octanol–water partition coefficient (Wildman–Crippen LogP) is 3.39. The fourth-order valence-corrected chi connectivity index (χ4v) is 3.01. The summed E-state index contributed by atoms with van der Waals surface area (Å²) in [6, 6.07) is 15.7. The third-order valence-electron chi connectivity index (χ3n) is 4.23. The van der Waals surface area contributed by atoms with Crippen molar-refractivity contribution in [1.82, 2.24) is 10.2 Å². The molecule has 1 atom stereocenters. The van der Waals surface area contributed by atoms with Crippen molar-refractivity contribution in [2.75, 3.05) is 19.6 Å². The topological polar surface area (TPSA) is 32.3 Å². The molecule has 0 aliphatic carbocycles. The molecule has 2 aromatic carbocycles. The van der Waals surface area contributed by atoms with Crippen LogP contribution < -0.4 is 5.32 Å². The fraction of sp³-hybridized carbons (Fsp3) is 0.316. The first-order valence-corrected chi connectivity index (χ1v) is 8.06. The zero-order chi connectivity index (χ0) is 16.1. The standard InChI is InChI=1S/C19H21FN2O/c20-17-10-6-9-16(13-17)19(23)21-18(14-22-11-4-5-12-22)15-7-2-1-3-8-15/h1-3,6-10,13,18H,4-5,11-12,14H2,(H,21,23). The Morgan fingerprint density at radius 1 is 1.09 bits per heavy atom. The molecule has 1 N–H and O–H groups in total. The molecule has 1 aliphatic rings. The normalized spacial score (nSPS) is 16.2. The molecular formula is C19H21FN2O. The van der Waals surface area contributed by atoms with Gasteiger partial charge in [-0.2, -0.15) is 0 Å². The predicted molar refractivity (Wildman–Crippen MR) is 88.7 cm³/mol. The molecule has 1 amide bonds. The Labute approximate surface area is 136 Å².